The summed E-state index contributed by atoms with van der Waals surface area (Å²) in [5, 5.41) is 8.80. The molecule has 12 heteroatoms. The van der Waals surface area contributed by atoms with E-state index in [-0.39, 0.29) is 49.4 Å². The van der Waals surface area contributed by atoms with Crippen LogP contribution in [0, 0.1) is 0 Å². The highest BCUT2D eigenvalue weighted by molar-refractivity contribution is 5.85. The maximum Gasteiger partial charge on any atom is 0.253 e. The topological polar surface area (TPSA) is 143 Å². The van der Waals surface area contributed by atoms with Gasteiger partial charge < -0.3 is 44.4 Å². The fraction of sp³-hybridized carbons (Fsp3) is 0.912. The molecule has 0 aromatic carbocycles. The standard InChI is InChI=1S/C34H67N3O9/c1-25(2)43-23-22-42-24-35-26(38)32(9,10)44-19-16-29(3,4)36-27(39)33(11,12)45-20-17-30(5,6)37-28(40)34(13,14)46-21-18-31(7,8)41-15/h25H,16-24H2,1-15H3,(H,35,38)(H,36,39)(H,37,40). The van der Waals surface area contributed by atoms with E-state index in [0.717, 1.165) is 0 Å². The van der Waals surface area contributed by atoms with Gasteiger partial charge in [0.25, 0.3) is 17.7 Å². The van der Waals surface area contributed by atoms with Crippen molar-refractivity contribution in [2.45, 2.75) is 156 Å². The van der Waals surface area contributed by atoms with Crippen LogP contribution in [0.1, 0.15) is 116 Å². The van der Waals surface area contributed by atoms with Crippen molar-refractivity contribution in [3.05, 3.63) is 0 Å². The molecule has 0 aliphatic rings. The highest BCUT2D eigenvalue weighted by Crippen LogP contribution is 2.21. The Morgan fingerprint density at radius 2 is 0.957 bits per heavy atom. The second kappa shape index (κ2) is 18.6. The van der Waals surface area contributed by atoms with Crippen LogP contribution in [0.5, 0.6) is 0 Å². The Kier molecular flexibility index (Phi) is 17.9. The lowest BCUT2D eigenvalue weighted by Crippen LogP contribution is -2.55. The van der Waals surface area contributed by atoms with Crippen molar-refractivity contribution in [3.63, 3.8) is 0 Å². The summed E-state index contributed by atoms with van der Waals surface area (Å²) in [5.41, 5.74) is -4.77. The Balaban J connectivity index is 4.70. The molecule has 0 fully saturated rings. The minimum Gasteiger partial charge on any atom is -0.379 e. The molecule has 3 N–H and O–H groups in total. The van der Waals surface area contributed by atoms with Crippen molar-refractivity contribution in [2.24, 2.45) is 0 Å². The molecule has 0 aliphatic heterocycles. The third-order valence-corrected chi connectivity index (χ3v) is 7.66. The van der Waals surface area contributed by atoms with Crippen molar-refractivity contribution >= 4 is 17.7 Å². The number of rotatable bonds is 24. The lowest BCUT2D eigenvalue weighted by atomic mass is 9.97. The molecule has 0 spiro atoms. The molecule has 0 heterocycles. The Hall–Kier alpha value is -1.83. The fourth-order valence-corrected chi connectivity index (χ4v) is 3.76. The van der Waals surface area contributed by atoms with Crippen LogP contribution in [-0.2, 0) is 42.8 Å². The molecule has 0 radical (unpaired) electrons. The van der Waals surface area contributed by atoms with Gasteiger partial charge in [0.05, 0.1) is 44.7 Å². The number of hydrogen-bond acceptors (Lipinski definition) is 9. The van der Waals surface area contributed by atoms with E-state index in [9.17, 15) is 14.4 Å². The predicted octanol–water partition coefficient (Wildman–Crippen LogP) is 4.27. The van der Waals surface area contributed by atoms with Crippen LogP contribution < -0.4 is 16.0 Å². The van der Waals surface area contributed by atoms with E-state index in [1.165, 1.54) is 0 Å². The van der Waals surface area contributed by atoms with Gasteiger partial charge in [-0.25, -0.2) is 0 Å². The van der Waals surface area contributed by atoms with Gasteiger partial charge in [0.15, 0.2) is 0 Å². The molecular weight excluding hydrogens is 594 g/mol. The molecule has 0 aliphatic carbocycles. The van der Waals surface area contributed by atoms with E-state index in [2.05, 4.69) is 16.0 Å². The van der Waals surface area contributed by atoms with Crippen LogP contribution in [0.25, 0.3) is 0 Å². The van der Waals surface area contributed by atoms with Crippen molar-refractivity contribution in [2.75, 3.05) is 46.9 Å². The lowest BCUT2D eigenvalue weighted by Gasteiger charge is -2.35. The van der Waals surface area contributed by atoms with Gasteiger partial charge in [-0.3, -0.25) is 14.4 Å². The summed E-state index contributed by atoms with van der Waals surface area (Å²) >= 11 is 0. The van der Waals surface area contributed by atoms with Gasteiger partial charge >= 0.3 is 0 Å². The molecule has 0 atom stereocenters. The maximum absolute atomic E-state index is 13.2. The first kappa shape index (κ1) is 44.2. The molecular formula is C34H67N3O9. The molecule has 0 saturated heterocycles. The van der Waals surface area contributed by atoms with Crippen LogP contribution in [0.15, 0.2) is 0 Å². The number of methoxy groups -OCH3 is 1. The van der Waals surface area contributed by atoms with Gasteiger partial charge in [-0.2, -0.15) is 0 Å². The maximum atomic E-state index is 13.2. The number of amides is 3. The van der Waals surface area contributed by atoms with E-state index >= 15 is 0 Å². The summed E-state index contributed by atoms with van der Waals surface area (Å²) in [5.74, 6) is -0.798. The summed E-state index contributed by atoms with van der Waals surface area (Å²) in [7, 11) is 1.65. The zero-order chi connectivity index (χ0) is 36.0. The summed E-state index contributed by atoms with van der Waals surface area (Å²) in [6, 6.07) is 0. The first-order chi connectivity index (χ1) is 20.8. The van der Waals surface area contributed by atoms with E-state index in [1.807, 2.05) is 55.4 Å². The van der Waals surface area contributed by atoms with E-state index < -0.39 is 27.9 Å². The first-order valence-electron chi connectivity index (χ1n) is 16.4. The Labute approximate surface area is 279 Å². The molecule has 0 rings (SSSR count). The van der Waals surface area contributed by atoms with E-state index in [0.29, 0.717) is 39.1 Å². The molecule has 0 saturated carbocycles. The second-order valence-electron chi connectivity index (χ2n) is 15.4. The average Bonchev–Trinajstić information content (AvgIpc) is 2.88. The molecule has 0 aromatic rings. The van der Waals surface area contributed by atoms with Crippen LogP contribution in [0.2, 0.25) is 0 Å². The first-order valence-corrected chi connectivity index (χ1v) is 16.4. The minimum absolute atomic E-state index is 0.0631. The van der Waals surface area contributed by atoms with Crippen molar-refractivity contribution < 1.29 is 42.8 Å². The molecule has 0 bridgehead atoms. The highest BCUT2D eigenvalue weighted by atomic mass is 16.5. The molecule has 0 aromatic heterocycles. The van der Waals surface area contributed by atoms with Gasteiger partial charge in [0, 0.05) is 18.2 Å². The number of nitrogens with one attached hydrogen (secondary N) is 3. The Morgan fingerprint density at radius 3 is 1.35 bits per heavy atom. The van der Waals surface area contributed by atoms with Crippen molar-refractivity contribution in [1.29, 1.82) is 0 Å². The van der Waals surface area contributed by atoms with Crippen molar-refractivity contribution in [3.8, 4) is 0 Å². The average molecular weight is 662 g/mol. The van der Waals surface area contributed by atoms with Crippen molar-refractivity contribution in [1.82, 2.24) is 16.0 Å². The highest BCUT2D eigenvalue weighted by Gasteiger charge is 2.36. The SMILES string of the molecule is COC(C)(C)CCOC(C)(C)C(=O)NC(C)(C)CCOC(C)(C)C(=O)NC(C)(C)CCOC(C)(C)C(=O)NCOCCOC(C)C. The number of carbonyl (C=O) groups is 3. The molecule has 46 heavy (non-hydrogen) atoms. The second-order valence-corrected chi connectivity index (χ2v) is 15.4. The third-order valence-electron chi connectivity index (χ3n) is 7.66. The molecule has 12 nitrogen and oxygen atoms in total. The summed E-state index contributed by atoms with van der Waals surface area (Å²) in [6.45, 7) is 27.5. The summed E-state index contributed by atoms with van der Waals surface area (Å²) in [6.07, 6.45) is 1.72. The fourth-order valence-electron chi connectivity index (χ4n) is 3.76. The van der Waals surface area contributed by atoms with Crippen LogP contribution in [0.3, 0.4) is 0 Å². The Bertz CT molecular complexity index is 944. The predicted molar refractivity (Wildman–Crippen MR) is 180 cm³/mol. The van der Waals surface area contributed by atoms with Gasteiger partial charge in [-0.15, -0.1) is 0 Å². The van der Waals surface area contributed by atoms with Gasteiger partial charge in [0.1, 0.15) is 23.5 Å². The lowest BCUT2D eigenvalue weighted by molar-refractivity contribution is -0.149. The zero-order valence-corrected chi connectivity index (χ0v) is 31.6. The Morgan fingerprint density at radius 1 is 0.565 bits per heavy atom. The third kappa shape index (κ3) is 18.5. The number of ether oxygens (including phenoxy) is 6. The van der Waals surface area contributed by atoms with E-state index in [4.69, 9.17) is 28.4 Å². The van der Waals surface area contributed by atoms with Gasteiger partial charge in [-0.1, -0.05) is 0 Å². The van der Waals surface area contributed by atoms with Gasteiger partial charge in [0.2, 0.25) is 0 Å². The molecule has 272 valence electrons. The smallest absolute Gasteiger partial charge is 0.253 e. The summed E-state index contributed by atoms with van der Waals surface area (Å²) < 4.78 is 34.0. The minimum atomic E-state index is -1.12. The van der Waals surface area contributed by atoms with Crippen LogP contribution in [-0.4, -0.2) is 104 Å². The van der Waals surface area contributed by atoms with E-state index in [1.54, 1.807) is 48.7 Å². The molecule has 0 unspecified atom stereocenters. The quantitative estimate of drug-likeness (QED) is 0.102. The summed E-state index contributed by atoms with van der Waals surface area (Å²) in [4.78, 5) is 38.7. The van der Waals surface area contributed by atoms with Gasteiger partial charge in [-0.05, 0) is 116 Å². The van der Waals surface area contributed by atoms with Crippen LogP contribution >= 0.6 is 0 Å². The zero-order valence-electron chi connectivity index (χ0n) is 31.6. The molecule has 3 amide bonds. The number of carbonyl (C=O) groups excluding carboxylic acids is 3. The van der Waals surface area contributed by atoms with Crippen LogP contribution in [0.4, 0.5) is 0 Å². The monoisotopic (exact) mass is 661 g/mol. The normalized spacial score (nSPS) is 13.6. The largest absolute Gasteiger partial charge is 0.379 e. The number of hydrogen-bond donors (Lipinski definition) is 3.